The van der Waals surface area contributed by atoms with Gasteiger partial charge in [0.1, 0.15) is 0 Å². The molecule has 144 valence electrons. The molecule has 7 heteroatoms. The number of carbonyl (C=O) groups is 1. The van der Waals surface area contributed by atoms with Gasteiger partial charge in [0.25, 0.3) is 5.91 Å². The third-order valence-corrected chi connectivity index (χ3v) is 7.24. The molecule has 1 fully saturated rings. The highest BCUT2D eigenvalue weighted by Gasteiger charge is 2.18. The number of aromatic nitrogens is 2. The van der Waals surface area contributed by atoms with Gasteiger partial charge >= 0.3 is 0 Å². The summed E-state index contributed by atoms with van der Waals surface area (Å²) in [5, 5.41) is 7.77. The van der Waals surface area contributed by atoms with Crippen molar-refractivity contribution >= 4 is 41.2 Å². The molecule has 3 aromatic rings. The van der Waals surface area contributed by atoms with Crippen LogP contribution in [0.5, 0.6) is 0 Å². The second kappa shape index (κ2) is 9.03. The molecule has 0 atom stereocenters. The normalized spacial score (nSPS) is 14.3. The molecule has 1 N–H and O–H groups in total. The lowest BCUT2D eigenvalue weighted by atomic mass is 10.1. The third-order valence-electron chi connectivity index (χ3n) is 4.80. The molecule has 0 aliphatic heterocycles. The maximum atomic E-state index is 12.4. The Kier molecular flexibility index (Phi) is 6.24. The van der Waals surface area contributed by atoms with Gasteiger partial charge in [-0.05, 0) is 54.9 Å². The molecule has 0 radical (unpaired) electrons. The zero-order valence-electron chi connectivity index (χ0n) is 15.3. The summed E-state index contributed by atoms with van der Waals surface area (Å²) in [6.45, 7) is 0. The van der Waals surface area contributed by atoms with E-state index in [1.54, 1.807) is 16.4 Å². The van der Waals surface area contributed by atoms with Gasteiger partial charge in [-0.1, -0.05) is 66.3 Å². The molecule has 2 aromatic carbocycles. The Morgan fingerprint density at radius 2 is 1.86 bits per heavy atom. The van der Waals surface area contributed by atoms with Crippen LogP contribution in [0.4, 0.5) is 0 Å². The molecule has 1 heterocycles. The number of nitrogens with zero attached hydrogens (tertiary/aromatic N) is 2. The molecule has 1 amide bonds. The van der Waals surface area contributed by atoms with Gasteiger partial charge < -0.3 is 5.32 Å². The van der Waals surface area contributed by atoms with Crippen LogP contribution < -0.4 is 5.32 Å². The van der Waals surface area contributed by atoms with Gasteiger partial charge in [-0.3, -0.25) is 4.79 Å². The van der Waals surface area contributed by atoms with Crippen LogP contribution in [0.15, 0.2) is 58.9 Å². The Balaban J connectivity index is 1.43. The number of hydrogen-bond acceptors (Lipinski definition) is 5. The minimum atomic E-state index is -0.000527. The lowest BCUT2D eigenvalue weighted by Crippen LogP contribution is -2.32. The minimum absolute atomic E-state index is 0.000527. The molecule has 1 saturated carbocycles. The fourth-order valence-electron chi connectivity index (χ4n) is 3.29. The van der Waals surface area contributed by atoms with Crippen LogP contribution in [0, 0.1) is 3.95 Å². The maximum absolute atomic E-state index is 12.4. The Morgan fingerprint density at radius 1 is 1.14 bits per heavy atom. The Morgan fingerprint density at radius 3 is 2.57 bits per heavy atom. The van der Waals surface area contributed by atoms with Crippen LogP contribution >= 0.6 is 35.3 Å². The number of thioether (sulfide) groups is 1. The van der Waals surface area contributed by atoms with Crippen LogP contribution in [0.3, 0.4) is 0 Å². The van der Waals surface area contributed by atoms with E-state index < -0.39 is 0 Å². The molecule has 1 aliphatic carbocycles. The summed E-state index contributed by atoms with van der Waals surface area (Å²) in [5.74, 6) is 0.864. The van der Waals surface area contributed by atoms with Crippen molar-refractivity contribution in [1.82, 2.24) is 15.1 Å². The highest BCUT2D eigenvalue weighted by Crippen LogP contribution is 2.27. The summed E-state index contributed by atoms with van der Waals surface area (Å²) in [5.41, 5.74) is 2.82. The van der Waals surface area contributed by atoms with Crippen LogP contribution in [0.2, 0.25) is 0 Å². The van der Waals surface area contributed by atoms with Crippen LogP contribution in [0.25, 0.3) is 5.69 Å². The zero-order chi connectivity index (χ0) is 19.3. The molecule has 0 saturated heterocycles. The van der Waals surface area contributed by atoms with Crippen LogP contribution in [0.1, 0.15) is 41.6 Å². The van der Waals surface area contributed by atoms with Gasteiger partial charge in [-0.25, -0.2) is 4.68 Å². The van der Waals surface area contributed by atoms with Gasteiger partial charge in [0.2, 0.25) is 0 Å². The molecule has 0 unspecified atom stereocenters. The van der Waals surface area contributed by atoms with Gasteiger partial charge in [0.05, 0.1) is 5.69 Å². The van der Waals surface area contributed by atoms with E-state index >= 15 is 0 Å². The van der Waals surface area contributed by atoms with Crippen LogP contribution in [-0.4, -0.2) is 21.7 Å². The Labute approximate surface area is 178 Å². The molecular weight excluding hydrogens is 406 g/mol. The summed E-state index contributed by atoms with van der Waals surface area (Å²) in [6, 6.07) is 18.2. The van der Waals surface area contributed by atoms with Crippen molar-refractivity contribution < 1.29 is 4.79 Å². The number of benzene rings is 2. The SMILES string of the molecule is O=C(NC1CCCC1)c1ccc(-n2nc(SCc3ccccc3)sc2=S)cc1. The first-order chi connectivity index (χ1) is 13.7. The van der Waals surface area contributed by atoms with Gasteiger partial charge in [0.15, 0.2) is 8.29 Å². The van der Waals surface area contributed by atoms with Crippen molar-refractivity contribution in [2.24, 2.45) is 0 Å². The lowest BCUT2D eigenvalue weighted by Gasteiger charge is -2.12. The zero-order valence-corrected chi connectivity index (χ0v) is 17.8. The minimum Gasteiger partial charge on any atom is -0.349 e. The van der Waals surface area contributed by atoms with Crippen molar-refractivity contribution in [3.05, 3.63) is 69.7 Å². The van der Waals surface area contributed by atoms with Gasteiger partial charge in [-0.15, -0.1) is 5.10 Å². The first-order valence-electron chi connectivity index (χ1n) is 9.37. The predicted molar refractivity (Wildman–Crippen MR) is 118 cm³/mol. The number of rotatable bonds is 6. The molecule has 4 nitrogen and oxygen atoms in total. The predicted octanol–water partition coefficient (Wildman–Crippen LogP) is 5.63. The number of hydrogen-bond donors (Lipinski definition) is 1. The van der Waals surface area contributed by atoms with Crippen molar-refractivity contribution in [3.8, 4) is 5.69 Å². The van der Waals surface area contributed by atoms with E-state index in [0.717, 1.165) is 28.6 Å². The molecular formula is C21H21N3OS3. The monoisotopic (exact) mass is 427 g/mol. The average molecular weight is 428 g/mol. The van der Waals surface area contributed by atoms with E-state index in [-0.39, 0.29) is 5.91 Å². The van der Waals surface area contributed by atoms with E-state index in [9.17, 15) is 4.79 Å². The second-order valence-corrected chi connectivity index (χ2v) is 9.67. The van der Waals surface area contributed by atoms with Crippen molar-refractivity contribution in [1.29, 1.82) is 0 Å². The highest BCUT2D eigenvalue weighted by atomic mass is 32.2. The first-order valence-corrected chi connectivity index (χ1v) is 11.6. The summed E-state index contributed by atoms with van der Waals surface area (Å²) >= 11 is 8.69. The van der Waals surface area contributed by atoms with E-state index in [1.807, 2.05) is 42.5 Å². The highest BCUT2D eigenvalue weighted by molar-refractivity contribution is 8.00. The number of amides is 1. The average Bonchev–Trinajstić information content (AvgIpc) is 3.37. The summed E-state index contributed by atoms with van der Waals surface area (Å²) < 4.78 is 3.42. The second-order valence-electron chi connectivity index (χ2n) is 6.82. The number of nitrogens with one attached hydrogen (secondary N) is 1. The largest absolute Gasteiger partial charge is 0.349 e. The molecule has 0 bridgehead atoms. The summed E-state index contributed by atoms with van der Waals surface area (Å²) in [7, 11) is 0. The van der Waals surface area contributed by atoms with E-state index in [2.05, 4.69) is 22.5 Å². The lowest BCUT2D eigenvalue weighted by molar-refractivity contribution is 0.0938. The Hall–Kier alpha value is -1.96. The quantitative estimate of drug-likeness (QED) is 0.409. The van der Waals surface area contributed by atoms with Crippen LogP contribution in [-0.2, 0) is 5.75 Å². The fraction of sp³-hybridized carbons (Fsp3) is 0.286. The third kappa shape index (κ3) is 4.71. The number of carbonyl (C=O) groups excluding carboxylic acids is 1. The Bertz CT molecular complexity index is 990. The molecule has 0 spiro atoms. The summed E-state index contributed by atoms with van der Waals surface area (Å²) in [6.07, 6.45) is 4.58. The fourth-order valence-corrected chi connectivity index (χ4v) is 5.61. The maximum Gasteiger partial charge on any atom is 0.251 e. The van der Waals surface area contributed by atoms with Crippen molar-refractivity contribution in [2.45, 2.75) is 41.8 Å². The summed E-state index contributed by atoms with van der Waals surface area (Å²) in [4.78, 5) is 12.4. The topological polar surface area (TPSA) is 46.9 Å². The van der Waals surface area contributed by atoms with Gasteiger partial charge in [-0.2, -0.15) is 0 Å². The van der Waals surface area contributed by atoms with E-state index in [0.29, 0.717) is 15.6 Å². The molecule has 1 aromatic heterocycles. The molecule has 28 heavy (non-hydrogen) atoms. The van der Waals surface area contributed by atoms with E-state index in [1.165, 1.54) is 29.7 Å². The van der Waals surface area contributed by atoms with E-state index in [4.69, 9.17) is 12.2 Å². The van der Waals surface area contributed by atoms with Crippen molar-refractivity contribution in [3.63, 3.8) is 0 Å². The first kappa shape index (κ1) is 19.4. The standard InChI is InChI=1S/C21H21N3OS3/c25-19(22-17-8-4-5-9-17)16-10-12-18(13-11-16)24-21(26)28-20(23-24)27-14-15-6-2-1-3-7-15/h1-3,6-7,10-13,17H,4-5,8-9,14H2,(H,22,25). The smallest absolute Gasteiger partial charge is 0.251 e. The van der Waals surface area contributed by atoms with Gasteiger partial charge in [0, 0.05) is 17.4 Å². The molecule has 4 rings (SSSR count). The molecule has 1 aliphatic rings. The van der Waals surface area contributed by atoms with Crippen molar-refractivity contribution in [2.75, 3.05) is 0 Å².